The molecule has 1 aromatic carbocycles. The third-order valence-electron chi connectivity index (χ3n) is 5.95. The molecule has 2 aliphatic carbocycles. The maximum absolute atomic E-state index is 13.6. The lowest BCUT2D eigenvalue weighted by Crippen LogP contribution is -2.38. The molecule has 2 aliphatic rings. The van der Waals surface area contributed by atoms with Crippen LogP contribution in [0.15, 0.2) is 18.5 Å². The summed E-state index contributed by atoms with van der Waals surface area (Å²) in [6, 6.07) is 2.26. The van der Waals surface area contributed by atoms with Crippen molar-refractivity contribution in [2.24, 2.45) is 23.7 Å². The number of fused-ring (bicyclic) bond motifs is 2. The van der Waals surface area contributed by atoms with Crippen LogP contribution in [0, 0.1) is 35.3 Å². The van der Waals surface area contributed by atoms with Gasteiger partial charge in [-0.3, -0.25) is 4.79 Å². The summed E-state index contributed by atoms with van der Waals surface area (Å²) in [7, 11) is 0. The summed E-state index contributed by atoms with van der Waals surface area (Å²) in [5.41, 5.74) is 0.902. The van der Waals surface area contributed by atoms with Crippen molar-refractivity contribution in [3.8, 4) is 0 Å². The van der Waals surface area contributed by atoms with E-state index in [-0.39, 0.29) is 23.8 Å². The number of rotatable bonds is 4. The maximum atomic E-state index is 13.6. The van der Waals surface area contributed by atoms with Crippen molar-refractivity contribution in [3.63, 3.8) is 0 Å². The fraction of sp³-hybridized carbons (Fsp3) is 0.556. The topological polar surface area (TPSA) is 46.9 Å². The van der Waals surface area contributed by atoms with Crippen molar-refractivity contribution >= 4 is 16.9 Å². The predicted octanol–water partition coefficient (Wildman–Crippen LogP) is 3.83. The Hall–Kier alpha value is -2.19. The number of carbonyl (C=O) groups excluding carboxylic acids is 1. The highest BCUT2D eigenvalue weighted by molar-refractivity contribution is 5.79. The van der Waals surface area contributed by atoms with E-state index in [4.69, 9.17) is 0 Å². The summed E-state index contributed by atoms with van der Waals surface area (Å²) in [5, 5.41) is 1.95. The quantitative estimate of drug-likeness (QED) is 0.811. The number of aromatic nitrogens is 2. The van der Waals surface area contributed by atoms with Crippen molar-refractivity contribution in [3.05, 3.63) is 30.1 Å². The minimum Gasteiger partial charge on any atom is -0.347 e. The molecule has 1 amide bonds. The minimum absolute atomic E-state index is 0.0662. The summed E-state index contributed by atoms with van der Waals surface area (Å²) in [6.45, 7) is 0.346. The molecule has 0 spiro atoms. The molecule has 0 aliphatic heterocycles. The van der Waals surface area contributed by atoms with Crippen LogP contribution in [-0.4, -0.2) is 28.2 Å². The summed E-state index contributed by atoms with van der Waals surface area (Å²) in [5.74, 6) is -2.35. The normalized spacial score (nSPS) is 28.2. The van der Waals surface area contributed by atoms with Gasteiger partial charge in [0, 0.05) is 24.1 Å². The molecule has 4 nitrogen and oxygen atoms in total. The molecular weight excluding hydrogens is 369 g/mol. The Balaban J connectivity index is 1.40. The van der Waals surface area contributed by atoms with Gasteiger partial charge in [0.1, 0.15) is 6.54 Å². The predicted molar refractivity (Wildman–Crippen MR) is 86.6 cm³/mol. The highest BCUT2D eigenvalue weighted by Crippen LogP contribution is 2.63. The lowest BCUT2D eigenvalue weighted by Gasteiger charge is -2.20. The summed E-state index contributed by atoms with van der Waals surface area (Å²) in [4.78, 5) is 16.1. The van der Waals surface area contributed by atoms with E-state index in [0.29, 0.717) is 11.0 Å². The third-order valence-corrected chi connectivity index (χ3v) is 5.95. The van der Waals surface area contributed by atoms with Crippen LogP contribution < -0.4 is 5.32 Å². The van der Waals surface area contributed by atoms with E-state index in [0.717, 1.165) is 25.0 Å². The fourth-order valence-corrected chi connectivity index (χ4v) is 4.67. The molecule has 4 rings (SSSR count). The minimum atomic E-state index is -4.42. The summed E-state index contributed by atoms with van der Waals surface area (Å²) in [6.07, 6.45) is -1.36. The van der Waals surface area contributed by atoms with Crippen LogP contribution in [0.2, 0.25) is 0 Å². The van der Waals surface area contributed by atoms with Crippen LogP contribution in [-0.2, 0) is 4.79 Å². The number of imidazole rings is 1. The van der Waals surface area contributed by atoms with E-state index < -0.39 is 36.2 Å². The van der Waals surface area contributed by atoms with Crippen LogP contribution in [0.1, 0.15) is 25.8 Å². The molecule has 3 atom stereocenters. The number of alkyl halides is 3. The number of hydrogen-bond donors (Lipinski definition) is 1. The number of amides is 1. The maximum Gasteiger partial charge on any atom is 0.405 e. The van der Waals surface area contributed by atoms with E-state index in [1.807, 2.05) is 9.88 Å². The molecule has 2 saturated carbocycles. The number of benzene rings is 1. The van der Waals surface area contributed by atoms with E-state index in [9.17, 15) is 26.7 Å². The number of hydrogen-bond acceptors (Lipinski definition) is 2. The zero-order valence-electron chi connectivity index (χ0n) is 14.4. The van der Waals surface area contributed by atoms with E-state index in [1.165, 1.54) is 0 Å². The molecule has 0 bridgehead atoms. The van der Waals surface area contributed by atoms with Gasteiger partial charge in [-0.2, -0.15) is 13.2 Å². The Bertz CT molecular complexity index is 881. The lowest BCUT2D eigenvalue weighted by molar-refractivity contribution is -0.141. The zero-order chi connectivity index (χ0) is 19.5. The van der Waals surface area contributed by atoms with Gasteiger partial charge in [0.25, 0.3) is 0 Å². The third kappa shape index (κ3) is 3.27. The van der Waals surface area contributed by atoms with Crippen molar-refractivity contribution in [2.45, 2.75) is 32.0 Å². The molecule has 1 aromatic heterocycles. The van der Waals surface area contributed by atoms with Gasteiger partial charge in [-0.05, 0) is 30.6 Å². The molecule has 2 aromatic rings. The monoisotopic (exact) mass is 387 g/mol. The average Bonchev–Trinajstić information content (AvgIpc) is 2.93. The van der Waals surface area contributed by atoms with Crippen molar-refractivity contribution in [2.75, 3.05) is 6.54 Å². The van der Waals surface area contributed by atoms with Crippen molar-refractivity contribution < 1.29 is 26.7 Å². The largest absolute Gasteiger partial charge is 0.405 e. The van der Waals surface area contributed by atoms with E-state index in [1.54, 1.807) is 13.3 Å². The molecule has 1 N–H and O–H groups in total. The van der Waals surface area contributed by atoms with Crippen molar-refractivity contribution in [1.82, 2.24) is 14.9 Å². The van der Waals surface area contributed by atoms with Crippen LogP contribution >= 0.6 is 0 Å². The second kappa shape index (κ2) is 6.17. The van der Waals surface area contributed by atoms with Gasteiger partial charge in [-0.1, -0.05) is 6.92 Å². The molecule has 146 valence electrons. The first kappa shape index (κ1) is 18.2. The van der Waals surface area contributed by atoms with Crippen LogP contribution in [0.25, 0.3) is 11.0 Å². The van der Waals surface area contributed by atoms with Gasteiger partial charge >= 0.3 is 6.18 Å². The van der Waals surface area contributed by atoms with Crippen LogP contribution in [0.5, 0.6) is 0 Å². The molecule has 27 heavy (non-hydrogen) atoms. The molecule has 0 saturated heterocycles. The summed E-state index contributed by atoms with van der Waals surface area (Å²) < 4.78 is 65.4. The number of halogens is 5. The van der Waals surface area contributed by atoms with Gasteiger partial charge < -0.3 is 9.88 Å². The number of nitrogens with zero attached hydrogens (tertiary/aromatic N) is 2. The van der Waals surface area contributed by atoms with Gasteiger partial charge in [0.2, 0.25) is 5.91 Å². The van der Waals surface area contributed by atoms with Gasteiger partial charge in [0.05, 0.1) is 17.4 Å². The van der Waals surface area contributed by atoms with E-state index in [2.05, 4.69) is 4.98 Å². The summed E-state index contributed by atoms with van der Waals surface area (Å²) >= 11 is 0. The van der Waals surface area contributed by atoms with Crippen molar-refractivity contribution in [1.29, 1.82) is 0 Å². The van der Waals surface area contributed by atoms with Gasteiger partial charge in [0.15, 0.2) is 11.6 Å². The fourth-order valence-electron chi connectivity index (χ4n) is 4.67. The second-order valence-corrected chi connectivity index (χ2v) is 7.56. The number of carbonyl (C=O) groups is 1. The Kier molecular flexibility index (Phi) is 4.16. The molecular formula is C18H18F5N3O. The Morgan fingerprint density at radius 3 is 2.52 bits per heavy atom. The standard InChI is InChI=1S/C18H18F5N3O/c1-8(17(27)24-6-18(21,22)23)16-10-2-9(3-11(10)16)26-7-25-14-4-12(19)13(20)5-15(14)26/h4-5,7-11,16H,2-3,6H2,1H3,(H,24,27). The van der Waals surface area contributed by atoms with Crippen LogP contribution in [0.3, 0.4) is 0 Å². The Morgan fingerprint density at radius 1 is 1.26 bits per heavy atom. The molecule has 0 radical (unpaired) electrons. The Morgan fingerprint density at radius 2 is 1.89 bits per heavy atom. The molecule has 2 fully saturated rings. The highest BCUT2D eigenvalue weighted by Gasteiger charge is 2.59. The smallest absolute Gasteiger partial charge is 0.347 e. The molecule has 3 unspecified atom stereocenters. The Labute approximate surface area is 151 Å². The second-order valence-electron chi connectivity index (χ2n) is 7.56. The SMILES string of the molecule is CC(C(=O)NCC(F)(F)F)C1C2CC(n3cnc4cc(F)c(F)cc43)CC21. The number of nitrogens with one attached hydrogen (secondary N) is 1. The first-order valence-corrected chi connectivity index (χ1v) is 8.82. The van der Waals surface area contributed by atoms with Gasteiger partial charge in [-0.25, -0.2) is 13.8 Å². The zero-order valence-corrected chi connectivity index (χ0v) is 14.4. The lowest BCUT2D eigenvalue weighted by atomic mass is 9.96. The average molecular weight is 387 g/mol. The van der Waals surface area contributed by atoms with Gasteiger partial charge in [-0.15, -0.1) is 0 Å². The molecule has 9 heteroatoms. The highest BCUT2D eigenvalue weighted by atomic mass is 19.4. The molecule has 1 heterocycles. The van der Waals surface area contributed by atoms with E-state index >= 15 is 0 Å². The van der Waals surface area contributed by atoms with Crippen LogP contribution in [0.4, 0.5) is 22.0 Å². The first-order valence-electron chi connectivity index (χ1n) is 8.82. The first-order chi connectivity index (χ1) is 12.7.